The number of rotatable bonds is 11. The molecular weight excluding hydrogens is 511 g/mol. The fraction of sp³-hybridized carbons (Fsp3) is 0.286. The number of halogens is 2. The van der Waals surface area contributed by atoms with Gasteiger partial charge in [-0.05, 0) is 60.4 Å². The van der Waals surface area contributed by atoms with Crippen molar-refractivity contribution in [2.75, 3.05) is 13.2 Å². The number of carbonyl (C=O) groups excluding carboxylic acids is 2. The molecule has 0 saturated carbocycles. The molecule has 0 heterocycles. The van der Waals surface area contributed by atoms with Crippen molar-refractivity contribution in [2.24, 2.45) is 0 Å². The summed E-state index contributed by atoms with van der Waals surface area (Å²) in [5.74, 6) is -0.356. The first-order valence-electron chi connectivity index (χ1n) is 11.6. The summed E-state index contributed by atoms with van der Waals surface area (Å²) in [5, 5.41) is 2.93. The monoisotopic (exact) mass is 540 g/mol. The van der Waals surface area contributed by atoms with Gasteiger partial charge < -0.3 is 15.0 Å². The van der Waals surface area contributed by atoms with E-state index in [1.165, 1.54) is 17.0 Å². The van der Waals surface area contributed by atoms with Gasteiger partial charge in [-0.25, -0.2) is 4.39 Å². The van der Waals surface area contributed by atoms with Crippen molar-refractivity contribution >= 4 is 27.7 Å². The number of nitrogens with one attached hydrogen (secondary N) is 1. The lowest BCUT2D eigenvalue weighted by Gasteiger charge is -2.31. The SMILES string of the molecule is CCCNC(=O)[C@@H](Cc1ccccc1)N(Cc1ccc(F)cc1)C(=O)COc1ccc(Br)c(C)c1. The van der Waals surface area contributed by atoms with Gasteiger partial charge in [0.25, 0.3) is 5.91 Å². The zero-order valence-electron chi connectivity index (χ0n) is 20.0. The van der Waals surface area contributed by atoms with E-state index in [0.717, 1.165) is 27.6 Å². The summed E-state index contributed by atoms with van der Waals surface area (Å²) >= 11 is 3.46. The molecule has 3 rings (SSSR count). The molecule has 1 N–H and O–H groups in total. The predicted molar refractivity (Wildman–Crippen MR) is 139 cm³/mol. The Bertz CT molecular complexity index is 1120. The molecule has 3 aromatic rings. The second-order valence-electron chi connectivity index (χ2n) is 8.34. The number of carbonyl (C=O) groups is 2. The molecule has 35 heavy (non-hydrogen) atoms. The van der Waals surface area contributed by atoms with Crippen molar-refractivity contribution in [3.05, 3.63) is 99.8 Å². The zero-order valence-corrected chi connectivity index (χ0v) is 21.6. The van der Waals surface area contributed by atoms with E-state index in [2.05, 4.69) is 21.2 Å². The minimum absolute atomic E-state index is 0.152. The van der Waals surface area contributed by atoms with Crippen molar-refractivity contribution in [3.8, 4) is 5.75 Å². The first-order valence-corrected chi connectivity index (χ1v) is 12.4. The highest BCUT2D eigenvalue weighted by atomic mass is 79.9. The lowest BCUT2D eigenvalue weighted by molar-refractivity contribution is -0.142. The summed E-state index contributed by atoms with van der Waals surface area (Å²) in [6.07, 6.45) is 1.13. The Hall–Kier alpha value is -3.19. The van der Waals surface area contributed by atoms with Gasteiger partial charge in [0, 0.05) is 24.0 Å². The van der Waals surface area contributed by atoms with Crippen molar-refractivity contribution in [3.63, 3.8) is 0 Å². The average molecular weight is 541 g/mol. The highest BCUT2D eigenvalue weighted by Gasteiger charge is 2.30. The van der Waals surface area contributed by atoms with Gasteiger partial charge in [0.05, 0.1) is 0 Å². The fourth-order valence-electron chi connectivity index (χ4n) is 3.64. The molecule has 0 bridgehead atoms. The minimum Gasteiger partial charge on any atom is -0.484 e. The molecule has 2 amide bonds. The third kappa shape index (κ3) is 7.92. The van der Waals surface area contributed by atoms with Gasteiger partial charge in [-0.2, -0.15) is 0 Å². The maximum absolute atomic E-state index is 13.5. The van der Waals surface area contributed by atoms with E-state index in [1.807, 2.05) is 56.3 Å². The number of nitrogens with zero attached hydrogens (tertiary/aromatic N) is 1. The van der Waals surface area contributed by atoms with E-state index in [4.69, 9.17) is 4.74 Å². The molecular formula is C28H30BrFN2O3. The van der Waals surface area contributed by atoms with Gasteiger partial charge in [-0.3, -0.25) is 9.59 Å². The summed E-state index contributed by atoms with van der Waals surface area (Å²) in [6, 6.07) is 20.3. The number of ether oxygens (including phenoxy) is 1. The normalized spacial score (nSPS) is 11.5. The second-order valence-corrected chi connectivity index (χ2v) is 9.20. The Labute approximate surface area is 214 Å². The van der Waals surface area contributed by atoms with Crippen LogP contribution in [-0.2, 0) is 22.6 Å². The molecule has 0 fully saturated rings. The second kappa shape index (κ2) is 13.0. The number of hydrogen-bond acceptors (Lipinski definition) is 3. The van der Waals surface area contributed by atoms with E-state index in [1.54, 1.807) is 18.2 Å². The van der Waals surface area contributed by atoms with Gasteiger partial charge >= 0.3 is 0 Å². The number of hydrogen-bond donors (Lipinski definition) is 1. The summed E-state index contributed by atoms with van der Waals surface area (Å²) in [6.45, 7) is 4.35. The molecule has 0 radical (unpaired) electrons. The molecule has 5 nitrogen and oxygen atoms in total. The van der Waals surface area contributed by atoms with Gasteiger partial charge in [0.1, 0.15) is 17.6 Å². The fourth-order valence-corrected chi connectivity index (χ4v) is 3.89. The number of aryl methyl sites for hydroxylation is 1. The molecule has 0 unspecified atom stereocenters. The molecule has 0 aromatic heterocycles. The molecule has 0 aliphatic rings. The smallest absolute Gasteiger partial charge is 0.261 e. The van der Waals surface area contributed by atoms with E-state index in [-0.39, 0.29) is 30.8 Å². The summed E-state index contributed by atoms with van der Waals surface area (Å²) in [4.78, 5) is 28.3. The molecule has 0 aliphatic heterocycles. The molecule has 0 spiro atoms. The lowest BCUT2D eigenvalue weighted by atomic mass is 10.0. The van der Waals surface area contributed by atoms with Crippen LogP contribution in [0.4, 0.5) is 4.39 Å². The molecule has 3 aromatic carbocycles. The Morgan fingerprint density at radius 3 is 2.40 bits per heavy atom. The third-order valence-electron chi connectivity index (χ3n) is 5.58. The lowest BCUT2D eigenvalue weighted by Crippen LogP contribution is -2.51. The van der Waals surface area contributed by atoms with Crippen LogP contribution >= 0.6 is 15.9 Å². The molecule has 1 atom stereocenters. The third-order valence-corrected chi connectivity index (χ3v) is 6.47. The van der Waals surface area contributed by atoms with E-state index in [0.29, 0.717) is 18.7 Å². The van der Waals surface area contributed by atoms with Crippen LogP contribution in [0.5, 0.6) is 5.75 Å². The standard InChI is InChI=1S/C28H30BrFN2O3/c1-3-15-31-28(34)26(17-21-7-5-4-6-8-21)32(18-22-9-11-23(30)12-10-22)27(33)19-35-24-13-14-25(29)20(2)16-24/h4-14,16,26H,3,15,17-19H2,1-2H3,(H,31,34)/t26-/m1/s1. The van der Waals surface area contributed by atoms with Crippen LogP contribution in [-0.4, -0.2) is 35.9 Å². The number of amides is 2. The highest BCUT2D eigenvalue weighted by molar-refractivity contribution is 9.10. The first-order chi connectivity index (χ1) is 16.9. The molecule has 7 heteroatoms. The maximum Gasteiger partial charge on any atom is 0.261 e. The van der Waals surface area contributed by atoms with Gasteiger partial charge in [-0.15, -0.1) is 0 Å². The van der Waals surface area contributed by atoms with Crippen LogP contribution < -0.4 is 10.1 Å². The Morgan fingerprint density at radius 2 is 1.74 bits per heavy atom. The highest BCUT2D eigenvalue weighted by Crippen LogP contribution is 2.22. The first kappa shape index (κ1) is 26.4. The predicted octanol–water partition coefficient (Wildman–Crippen LogP) is 5.44. The van der Waals surface area contributed by atoms with Crippen molar-refractivity contribution in [1.29, 1.82) is 0 Å². The quantitative estimate of drug-likeness (QED) is 0.352. The van der Waals surface area contributed by atoms with Crippen LogP contribution in [0.15, 0.2) is 77.3 Å². The minimum atomic E-state index is -0.753. The van der Waals surface area contributed by atoms with Crippen LogP contribution in [0.25, 0.3) is 0 Å². The van der Waals surface area contributed by atoms with Gasteiger partial charge in [-0.1, -0.05) is 65.3 Å². The topological polar surface area (TPSA) is 58.6 Å². The average Bonchev–Trinajstić information content (AvgIpc) is 2.87. The van der Waals surface area contributed by atoms with Crippen LogP contribution in [0.2, 0.25) is 0 Å². The Morgan fingerprint density at radius 1 is 1.03 bits per heavy atom. The van der Waals surface area contributed by atoms with Crippen molar-refractivity contribution < 1.29 is 18.7 Å². The van der Waals surface area contributed by atoms with Gasteiger partial charge in [0.15, 0.2) is 6.61 Å². The summed E-state index contributed by atoms with van der Waals surface area (Å²) < 4.78 is 20.2. The Balaban J connectivity index is 1.88. The van der Waals surface area contributed by atoms with Gasteiger partial charge in [0.2, 0.25) is 5.91 Å². The summed E-state index contributed by atoms with van der Waals surface area (Å²) in [5.41, 5.74) is 2.64. The van der Waals surface area contributed by atoms with Crippen LogP contribution in [0.1, 0.15) is 30.0 Å². The molecule has 184 valence electrons. The van der Waals surface area contributed by atoms with Crippen molar-refractivity contribution in [1.82, 2.24) is 10.2 Å². The summed E-state index contributed by atoms with van der Waals surface area (Å²) in [7, 11) is 0. The van der Waals surface area contributed by atoms with E-state index >= 15 is 0 Å². The maximum atomic E-state index is 13.5. The van der Waals surface area contributed by atoms with Crippen LogP contribution in [0.3, 0.4) is 0 Å². The zero-order chi connectivity index (χ0) is 25.2. The molecule has 0 saturated heterocycles. The van der Waals surface area contributed by atoms with Crippen LogP contribution in [0, 0.1) is 12.7 Å². The number of benzene rings is 3. The van der Waals surface area contributed by atoms with E-state index in [9.17, 15) is 14.0 Å². The largest absolute Gasteiger partial charge is 0.484 e. The molecule has 0 aliphatic carbocycles. The Kier molecular flexibility index (Phi) is 9.85. The van der Waals surface area contributed by atoms with Crippen molar-refractivity contribution in [2.45, 2.75) is 39.3 Å². The van der Waals surface area contributed by atoms with E-state index < -0.39 is 6.04 Å².